The maximum atomic E-state index is 13.3. The van der Waals surface area contributed by atoms with E-state index in [0.29, 0.717) is 36.0 Å². The Morgan fingerprint density at radius 1 is 0.771 bits per heavy atom. The Morgan fingerprint density at radius 3 is 1.86 bits per heavy atom. The van der Waals surface area contributed by atoms with E-state index in [1.165, 1.54) is 24.3 Å². The molecule has 0 saturated carbocycles. The molecule has 4 nitrogen and oxygen atoms in total. The number of carbonyl (C=O) groups is 1. The van der Waals surface area contributed by atoms with Crippen LogP contribution in [0.2, 0.25) is 0 Å². The van der Waals surface area contributed by atoms with Crippen molar-refractivity contribution in [1.82, 2.24) is 0 Å². The molecular weight excluding hydrogens is 441 g/mol. The molecule has 0 aliphatic carbocycles. The number of anilines is 1. The molecule has 35 heavy (non-hydrogen) atoms. The minimum absolute atomic E-state index is 0.144. The molecule has 0 radical (unpaired) electrons. The molecule has 0 aliphatic heterocycles. The molecule has 1 N–H and O–H groups in total. The second kappa shape index (κ2) is 11.3. The lowest BCUT2D eigenvalue weighted by Gasteiger charge is -2.20. The first-order chi connectivity index (χ1) is 17.0. The van der Waals surface area contributed by atoms with Gasteiger partial charge in [0.1, 0.15) is 30.5 Å². The topological polar surface area (TPSA) is 47.6 Å². The van der Waals surface area contributed by atoms with E-state index in [-0.39, 0.29) is 11.8 Å². The van der Waals surface area contributed by atoms with Crippen LogP contribution in [-0.2, 0) is 13.2 Å². The van der Waals surface area contributed by atoms with Gasteiger partial charge in [0.15, 0.2) is 0 Å². The summed E-state index contributed by atoms with van der Waals surface area (Å²) in [5.74, 6) is 0.603. The van der Waals surface area contributed by atoms with Gasteiger partial charge in [-0.1, -0.05) is 74.5 Å². The third-order valence-electron chi connectivity index (χ3n) is 5.56. The summed E-state index contributed by atoms with van der Waals surface area (Å²) in [7, 11) is 0. The number of carbonyl (C=O) groups excluding carboxylic acids is 1. The van der Waals surface area contributed by atoms with Crippen molar-refractivity contribution >= 4 is 11.6 Å². The third kappa shape index (κ3) is 6.48. The van der Waals surface area contributed by atoms with Gasteiger partial charge in [0.25, 0.3) is 5.91 Å². The molecule has 0 saturated heterocycles. The van der Waals surface area contributed by atoms with Crippen molar-refractivity contribution in [3.05, 3.63) is 125 Å². The van der Waals surface area contributed by atoms with Crippen LogP contribution in [0, 0.1) is 5.82 Å². The predicted octanol–water partition coefficient (Wildman–Crippen LogP) is 7.36. The first kappa shape index (κ1) is 24.0. The van der Waals surface area contributed by atoms with Crippen LogP contribution in [0.25, 0.3) is 0 Å². The summed E-state index contributed by atoms with van der Waals surface area (Å²) in [6.45, 7) is 4.89. The van der Waals surface area contributed by atoms with Gasteiger partial charge in [-0.25, -0.2) is 4.39 Å². The molecule has 0 aliphatic rings. The highest BCUT2D eigenvalue weighted by Gasteiger charge is 2.18. The highest BCUT2D eigenvalue weighted by atomic mass is 19.1. The van der Waals surface area contributed by atoms with Gasteiger partial charge in [-0.3, -0.25) is 4.79 Å². The summed E-state index contributed by atoms with van der Waals surface area (Å²) in [6.07, 6.45) is 0. The Labute approximate surface area is 205 Å². The quantitative estimate of drug-likeness (QED) is 0.279. The van der Waals surface area contributed by atoms with Crippen LogP contribution >= 0.6 is 0 Å². The number of rotatable bonds is 9. The molecule has 4 aromatic rings. The number of nitrogens with one attached hydrogen (secondary N) is 1. The van der Waals surface area contributed by atoms with Crippen LogP contribution in [0.5, 0.6) is 11.5 Å². The van der Waals surface area contributed by atoms with Crippen molar-refractivity contribution in [3.8, 4) is 11.5 Å². The SMILES string of the molecule is CC(C)c1cc(NC(=O)c2ccc(F)cc2)c(OCc2ccccc2)cc1OCc1ccccc1. The molecule has 0 aromatic heterocycles. The molecule has 178 valence electrons. The minimum Gasteiger partial charge on any atom is -0.488 e. The summed E-state index contributed by atoms with van der Waals surface area (Å²) < 4.78 is 25.7. The Kier molecular flexibility index (Phi) is 7.78. The van der Waals surface area contributed by atoms with Crippen molar-refractivity contribution in [1.29, 1.82) is 0 Å². The fraction of sp³-hybridized carbons (Fsp3) is 0.167. The average Bonchev–Trinajstić information content (AvgIpc) is 2.88. The van der Waals surface area contributed by atoms with Gasteiger partial charge in [-0.2, -0.15) is 0 Å². The standard InChI is InChI=1S/C30H28FNO3/c1-21(2)26-17-27(32-30(33)24-13-15-25(31)16-14-24)29(35-20-23-11-7-4-8-12-23)18-28(26)34-19-22-9-5-3-6-10-22/h3-18,21H,19-20H2,1-2H3,(H,32,33). The van der Waals surface area contributed by atoms with E-state index >= 15 is 0 Å². The van der Waals surface area contributed by atoms with Crippen molar-refractivity contribution in [3.63, 3.8) is 0 Å². The fourth-order valence-corrected chi connectivity index (χ4v) is 3.64. The van der Waals surface area contributed by atoms with E-state index in [1.54, 1.807) is 0 Å². The van der Waals surface area contributed by atoms with E-state index in [0.717, 1.165) is 16.7 Å². The molecule has 4 aromatic carbocycles. The van der Waals surface area contributed by atoms with E-state index in [2.05, 4.69) is 19.2 Å². The lowest BCUT2D eigenvalue weighted by molar-refractivity contribution is 0.102. The van der Waals surface area contributed by atoms with Crippen molar-refractivity contribution in [2.24, 2.45) is 0 Å². The number of hydrogen-bond donors (Lipinski definition) is 1. The molecule has 0 heterocycles. The molecular formula is C30H28FNO3. The minimum atomic E-state index is -0.393. The van der Waals surface area contributed by atoms with Gasteiger partial charge in [-0.15, -0.1) is 0 Å². The lowest BCUT2D eigenvalue weighted by Crippen LogP contribution is -2.14. The Balaban J connectivity index is 1.65. The highest BCUT2D eigenvalue weighted by Crippen LogP contribution is 2.38. The smallest absolute Gasteiger partial charge is 0.255 e. The lowest BCUT2D eigenvalue weighted by atomic mass is 10.0. The van der Waals surface area contributed by atoms with Crippen molar-refractivity contribution in [2.45, 2.75) is 33.0 Å². The molecule has 0 spiro atoms. The summed E-state index contributed by atoms with van der Waals surface area (Å²) in [5, 5.41) is 2.94. The Morgan fingerprint density at radius 2 is 1.31 bits per heavy atom. The molecule has 0 unspecified atom stereocenters. The predicted molar refractivity (Wildman–Crippen MR) is 136 cm³/mol. The number of amides is 1. The second-order valence-electron chi connectivity index (χ2n) is 8.55. The maximum Gasteiger partial charge on any atom is 0.255 e. The maximum absolute atomic E-state index is 13.3. The zero-order valence-corrected chi connectivity index (χ0v) is 19.8. The van der Waals surface area contributed by atoms with Gasteiger partial charge in [0.2, 0.25) is 0 Å². The van der Waals surface area contributed by atoms with Gasteiger partial charge < -0.3 is 14.8 Å². The average molecular weight is 470 g/mol. The largest absolute Gasteiger partial charge is 0.488 e. The normalized spacial score (nSPS) is 10.7. The summed E-state index contributed by atoms with van der Waals surface area (Å²) in [5.41, 5.74) is 3.90. The molecule has 5 heteroatoms. The van der Waals surface area contributed by atoms with Gasteiger partial charge in [0, 0.05) is 11.6 Å². The second-order valence-corrected chi connectivity index (χ2v) is 8.55. The molecule has 4 rings (SSSR count). The fourth-order valence-electron chi connectivity index (χ4n) is 3.64. The monoisotopic (exact) mass is 469 g/mol. The zero-order valence-electron chi connectivity index (χ0n) is 19.8. The van der Waals surface area contributed by atoms with Crippen LogP contribution in [0.3, 0.4) is 0 Å². The van der Waals surface area contributed by atoms with Gasteiger partial charge in [-0.05, 0) is 52.9 Å². The van der Waals surface area contributed by atoms with Crippen molar-refractivity contribution in [2.75, 3.05) is 5.32 Å². The zero-order chi connectivity index (χ0) is 24.6. The van der Waals surface area contributed by atoms with Crippen LogP contribution in [0.15, 0.2) is 97.1 Å². The van der Waals surface area contributed by atoms with Gasteiger partial charge in [0.05, 0.1) is 5.69 Å². The van der Waals surface area contributed by atoms with Gasteiger partial charge >= 0.3 is 0 Å². The van der Waals surface area contributed by atoms with Crippen LogP contribution in [0.4, 0.5) is 10.1 Å². The highest BCUT2D eigenvalue weighted by molar-refractivity contribution is 6.05. The molecule has 1 amide bonds. The van der Waals surface area contributed by atoms with E-state index < -0.39 is 5.82 Å². The number of ether oxygens (including phenoxy) is 2. The number of halogens is 1. The Bertz CT molecular complexity index is 1260. The first-order valence-electron chi connectivity index (χ1n) is 11.6. The summed E-state index contributed by atoms with van der Waals surface area (Å²) >= 11 is 0. The molecule has 0 fully saturated rings. The third-order valence-corrected chi connectivity index (χ3v) is 5.56. The van der Waals surface area contributed by atoms with Crippen LogP contribution in [0.1, 0.15) is 46.8 Å². The molecule has 0 bridgehead atoms. The number of hydrogen-bond acceptors (Lipinski definition) is 3. The van der Waals surface area contributed by atoms with Crippen LogP contribution in [-0.4, -0.2) is 5.91 Å². The van der Waals surface area contributed by atoms with Crippen molar-refractivity contribution < 1.29 is 18.7 Å². The first-order valence-corrected chi connectivity index (χ1v) is 11.6. The number of benzene rings is 4. The summed E-state index contributed by atoms with van der Waals surface area (Å²) in [4.78, 5) is 12.9. The van der Waals surface area contributed by atoms with Crippen LogP contribution < -0.4 is 14.8 Å². The van der Waals surface area contributed by atoms with E-state index in [4.69, 9.17) is 9.47 Å². The summed E-state index contributed by atoms with van der Waals surface area (Å²) in [6, 6.07) is 28.9. The molecule has 0 atom stereocenters. The Hall–Kier alpha value is -4.12. The van der Waals surface area contributed by atoms with E-state index in [9.17, 15) is 9.18 Å². The van der Waals surface area contributed by atoms with E-state index in [1.807, 2.05) is 72.8 Å².